The molecule has 2 rings (SSSR count). The van der Waals surface area contributed by atoms with E-state index >= 15 is 0 Å². The van der Waals surface area contributed by atoms with E-state index in [0.29, 0.717) is 18.1 Å². The number of nitrogens with two attached hydrogens (primary N) is 1. The molecule has 0 atom stereocenters. The first-order chi connectivity index (χ1) is 8.70. The van der Waals surface area contributed by atoms with Crippen LogP contribution in [0.15, 0.2) is 36.5 Å². The monoisotopic (exact) mass is 247 g/mol. The van der Waals surface area contributed by atoms with E-state index in [2.05, 4.69) is 10.3 Å². The highest BCUT2D eigenvalue weighted by Crippen LogP contribution is 2.21. The van der Waals surface area contributed by atoms with Gasteiger partial charge in [0.05, 0.1) is 18.5 Å². The summed E-state index contributed by atoms with van der Waals surface area (Å²) in [5.41, 5.74) is 7.28. The molecule has 2 aromatic rings. The number of para-hydroxylation sites is 1. The van der Waals surface area contributed by atoms with Gasteiger partial charge in [0, 0.05) is 18.8 Å². The number of hydrogen-bond donors (Lipinski definition) is 2. The number of ether oxygens (including phenoxy) is 1. The van der Waals surface area contributed by atoms with Crippen LogP contribution in [-0.2, 0) is 6.54 Å². The third-order valence-electron chi connectivity index (χ3n) is 2.54. The molecule has 4 nitrogen and oxygen atoms in total. The number of pyridine rings is 1. The van der Waals surface area contributed by atoms with Crippen LogP contribution < -0.4 is 15.8 Å². The smallest absolute Gasteiger partial charge is 0.212 e. The van der Waals surface area contributed by atoms with Crippen LogP contribution in [0.3, 0.4) is 0 Å². The van der Waals surface area contributed by atoms with Crippen LogP contribution in [0.1, 0.15) is 5.56 Å². The van der Waals surface area contributed by atoms with Gasteiger partial charge in [-0.1, -0.05) is 12.1 Å². The maximum atomic E-state index is 13.2. The zero-order valence-corrected chi connectivity index (χ0v) is 9.98. The minimum Gasteiger partial charge on any atom is -0.481 e. The van der Waals surface area contributed by atoms with Crippen molar-refractivity contribution < 1.29 is 9.13 Å². The first-order valence-electron chi connectivity index (χ1n) is 5.47. The molecule has 0 aliphatic rings. The summed E-state index contributed by atoms with van der Waals surface area (Å²) in [6, 6.07) is 8.32. The topological polar surface area (TPSA) is 60.2 Å². The SMILES string of the molecule is COc1ccc(CNc2cccc(F)c2N)cn1. The summed E-state index contributed by atoms with van der Waals surface area (Å²) >= 11 is 0. The lowest BCUT2D eigenvalue weighted by Crippen LogP contribution is -2.04. The molecule has 3 N–H and O–H groups in total. The van der Waals surface area contributed by atoms with Crippen LogP contribution in [-0.4, -0.2) is 12.1 Å². The number of hydrogen-bond acceptors (Lipinski definition) is 4. The highest BCUT2D eigenvalue weighted by atomic mass is 19.1. The Bertz CT molecular complexity index is 528. The fourth-order valence-corrected chi connectivity index (χ4v) is 1.52. The van der Waals surface area contributed by atoms with Crippen molar-refractivity contribution >= 4 is 11.4 Å². The molecular weight excluding hydrogens is 233 g/mol. The molecule has 1 aromatic heterocycles. The third kappa shape index (κ3) is 2.68. The number of benzene rings is 1. The molecule has 0 aliphatic heterocycles. The number of methoxy groups -OCH3 is 1. The lowest BCUT2D eigenvalue weighted by Gasteiger charge is -2.09. The Balaban J connectivity index is 2.04. The van der Waals surface area contributed by atoms with Gasteiger partial charge in [-0.25, -0.2) is 9.37 Å². The summed E-state index contributed by atoms with van der Waals surface area (Å²) < 4.78 is 18.2. The molecule has 94 valence electrons. The Morgan fingerprint density at radius 1 is 1.33 bits per heavy atom. The number of nitrogens with zero attached hydrogens (tertiary/aromatic N) is 1. The summed E-state index contributed by atoms with van der Waals surface area (Å²) in [7, 11) is 1.56. The van der Waals surface area contributed by atoms with Crippen LogP contribution in [0.25, 0.3) is 0 Å². The van der Waals surface area contributed by atoms with E-state index in [1.807, 2.05) is 6.07 Å². The number of halogens is 1. The van der Waals surface area contributed by atoms with E-state index in [4.69, 9.17) is 10.5 Å². The first-order valence-corrected chi connectivity index (χ1v) is 5.47. The average Bonchev–Trinajstić information content (AvgIpc) is 2.41. The first kappa shape index (κ1) is 12.2. The largest absolute Gasteiger partial charge is 0.481 e. The van der Waals surface area contributed by atoms with Crippen molar-refractivity contribution in [3.8, 4) is 5.88 Å². The summed E-state index contributed by atoms with van der Waals surface area (Å²) in [5.74, 6) is 0.136. The maximum absolute atomic E-state index is 13.2. The maximum Gasteiger partial charge on any atom is 0.212 e. The van der Waals surface area contributed by atoms with Crippen molar-refractivity contribution in [2.45, 2.75) is 6.54 Å². The van der Waals surface area contributed by atoms with Crippen molar-refractivity contribution in [3.05, 3.63) is 47.9 Å². The van der Waals surface area contributed by atoms with Gasteiger partial charge >= 0.3 is 0 Å². The van der Waals surface area contributed by atoms with Gasteiger partial charge in [0.25, 0.3) is 0 Å². The molecule has 1 aromatic carbocycles. The Labute approximate surface area is 105 Å². The van der Waals surface area contributed by atoms with Crippen LogP contribution in [0, 0.1) is 5.82 Å². The van der Waals surface area contributed by atoms with Gasteiger partial charge in [-0.3, -0.25) is 0 Å². The normalized spacial score (nSPS) is 10.1. The fourth-order valence-electron chi connectivity index (χ4n) is 1.52. The molecule has 0 saturated carbocycles. The summed E-state index contributed by atoms with van der Waals surface area (Å²) in [5, 5.41) is 3.06. The predicted molar refractivity (Wildman–Crippen MR) is 68.9 cm³/mol. The Hall–Kier alpha value is -2.30. The molecule has 0 aliphatic carbocycles. The number of aromatic nitrogens is 1. The lowest BCUT2D eigenvalue weighted by atomic mass is 10.2. The Kier molecular flexibility index (Phi) is 3.62. The molecule has 0 amide bonds. The van der Waals surface area contributed by atoms with Crippen molar-refractivity contribution in [1.29, 1.82) is 0 Å². The van der Waals surface area contributed by atoms with E-state index < -0.39 is 5.82 Å². The van der Waals surface area contributed by atoms with Gasteiger partial charge in [0.1, 0.15) is 5.82 Å². The zero-order chi connectivity index (χ0) is 13.0. The predicted octanol–water partition coefficient (Wildman–Crippen LogP) is 2.42. The number of nitrogen functional groups attached to an aromatic ring is 1. The van der Waals surface area contributed by atoms with E-state index in [1.54, 1.807) is 31.5 Å². The lowest BCUT2D eigenvalue weighted by molar-refractivity contribution is 0.397. The molecule has 0 unspecified atom stereocenters. The molecule has 0 radical (unpaired) electrons. The highest BCUT2D eigenvalue weighted by molar-refractivity contribution is 5.66. The second-order valence-corrected chi connectivity index (χ2v) is 3.76. The number of rotatable bonds is 4. The third-order valence-corrected chi connectivity index (χ3v) is 2.54. The minimum absolute atomic E-state index is 0.124. The Morgan fingerprint density at radius 2 is 2.17 bits per heavy atom. The van der Waals surface area contributed by atoms with Crippen LogP contribution in [0.2, 0.25) is 0 Å². The second kappa shape index (κ2) is 5.35. The van der Waals surface area contributed by atoms with E-state index in [0.717, 1.165) is 5.56 Å². The van der Waals surface area contributed by atoms with Crippen molar-refractivity contribution in [2.75, 3.05) is 18.2 Å². The molecular formula is C13H14FN3O. The average molecular weight is 247 g/mol. The van der Waals surface area contributed by atoms with Gasteiger partial charge < -0.3 is 15.8 Å². The van der Waals surface area contributed by atoms with Gasteiger partial charge in [-0.05, 0) is 17.7 Å². The Morgan fingerprint density at radius 3 is 2.83 bits per heavy atom. The molecule has 5 heteroatoms. The van der Waals surface area contributed by atoms with E-state index in [-0.39, 0.29) is 5.69 Å². The van der Waals surface area contributed by atoms with Gasteiger partial charge in [-0.15, -0.1) is 0 Å². The van der Waals surface area contributed by atoms with Gasteiger partial charge in [-0.2, -0.15) is 0 Å². The van der Waals surface area contributed by atoms with Gasteiger partial charge in [0.15, 0.2) is 0 Å². The van der Waals surface area contributed by atoms with Crippen LogP contribution in [0.5, 0.6) is 5.88 Å². The van der Waals surface area contributed by atoms with Crippen LogP contribution >= 0.6 is 0 Å². The molecule has 1 heterocycles. The van der Waals surface area contributed by atoms with Crippen molar-refractivity contribution in [3.63, 3.8) is 0 Å². The molecule has 0 spiro atoms. The minimum atomic E-state index is -0.423. The summed E-state index contributed by atoms with van der Waals surface area (Å²) in [6.45, 7) is 0.518. The number of anilines is 2. The van der Waals surface area contributed by atoms with Crippen molar-refractivity contribution in [2.24, 2.45) is 0 Å². The number of nitrogens with one attached hydrogen (secondary N) is 1. The fraction of sp³-hybridized carbons (Fsp3) is 0.154. The summed E-state index contributed by atoms with van der Waals surface area (Å²) in [6.07, 6.45) is 1.70. The molecule has 18 heavy (non-hydrogen) atoms. The van der Waals surface area contributed by atoms with E-state index in [1.165, 1.54) is 6.07 Å². The van der Waals surface area contributed by atoms with Crippen LogP contribution in [0.4, 0.5) is 15.8 Å². The van der Waals surface area contributed by atoms with Crippen molar-refractivity contribution in [1.82, 2.24) is 4.98 Å². The molecule has 0 fully saturated rings. The quantitative estimate of drug-likeness (QED) is 0.814. The molecule has 0 bridgehead atoms. The molecule has 0 saturated heterocycles. The summed E-state index contributed by atoms with van der Waals surface area (Å²) in [4.78, 5) is 4.08. The zero-order valence-electron chi connectivity index (χ0n) is 9.98. The second-order valence-electron chi connectivity index (χ2n) is 3.76. The van der Waals surface area contributed by atoms with Gasteiger partial charge in [0.2, 0.25) is 5.88 Å². The van der Waals surface area contributed by atoms with E-state index in [9.17, 15) is 4.39 Å². The highest BCUT2D eigenvalue weighted by Gasteiger charge is 2.03. The standard InChI is InChI=1S/C13H14FN3O/c1-18-12-6-5-9(8-17-12)7-16-11-4-2-3-10(14)13(11)15/h2-6,8,16H,7,15H2,1H3.